The van der Waals surface area contributed by atoms with Gasteiger partial charge >= 0.3 is 6.18 Å². The molecule has 0 spiro atoms. The minimum Gasteiger partial charge on any atom is -0.307 e. The largest absolute Gasteiger partial charge is 0.401 e. The summed E-state index contributed by atoms with van der Waals surface area (Å²) in [5.41, 5.74) is 1.14. The molecule has 2 nitrogen and oxygen atoms in total. The number of nitrogens with zero attached hydrogens (tertiary/aromatic N) is 1. The van der Waals surface area contributed by atoms with Crippen LogP contribution in [0.4, 0.5) is 13.2 Å². The predicted octanol–water partition coefficient (Wildman–Crippen LogP) is 4.02. The summed E-state index contributed by atoms with van der Waals surface area (Å²) in [5, 5.41) is 4.19. The molecule has 1 aliphatic heterocycles. The van der Waals surface area contributed by atoms with E-state index >= 15 is 0 Å². The van der Waals surface area contributed by atoms with E-state index in [4.69, 9.17) is 11.6 Å². The molecular weight excluding hydrogens is 301 g/mol. The first-order valence-electron chi connectivity index (χ1n) is 7.14. The van der Waals surface area contributed by atoms with Gasteiger partial charge in [0, 0.05) is 17.1 Å². The third-order valence-electron chi connectivity index (χ3n) is 3.85. The number of alkyl halides is 3. The van der Waals surface area contributed by atoms with Gasteiger partial charge in [-0.05, 0) is 50.6 Å². The molecule has 21 heavy (non-hydrogen) atoms. The molecule has 0 aromatic heterocycles. The summed E-state index contributed by atoms with van der Waals surface area (Å²) in [5.74, 6) is 0. The Bertz CT molecular complexity index is 439. The summed E-state index contributed by atoms with van der Waals surface area (Å²) >= 11 is 5.86. The molecule has 1 heterocycles. The van der Waals surface area contributed by atoms with Gasteiger partial charge in [-0.2, -0.15) is 13.2 Å². The standard InChI is InChI=1S/C15H20ClF3N2/c1-11(12-2-4-13(16)5-3-12)20-14-6-8-21(9-7-14)10-15(17,18)19/h2-5,11,14,20H,6-10H2,1H3/t11-/m1/s1. The van der Waals surface area contributed by atoms with Crippen molar-refractivity contribution in [1.82, 2.24) is 10.2 Å². The SMILES string of the molecule is C[C@@H](NC1CCN(CC(F)(F)F)CC1)c1ccc(Cl)cc1. The molecule has 1 atom stereocenters. The highest BCUT2D eigenvalue weighted by molar-refractivity contribution is 6.30. The average Bonchev–Trinajstić information content (AvgIpc) is 2.40. The molecule has 0 amide bonds. The Kier molecular flexibility index (Phi) is 5.52. The minimum absolute atomic E-state index is 0.168. The Morgan fingerprint density at radius 2 is 1.81 bits per heavy atom. The Hall–Kier alpha value is -0.780. The Morgan fingerprint density at radius 1 is 1.24 bits per heavy atom. The van der Waals surface area contributed by atoms with E-state index in [0.29, 0.717) is 18.1 Å². The monoisotopic (exact) mass is 320 g/mol. The number of halogens is 4. The second-order valence-corrected chi connectivity index (χ2v) is 6.04. The van der Waals surface area contributed by atoms with Crippen molar-refractivity contribution >= 4 is 11.6 Å². The fraction of sp³-hybridized carbons (Fsp3) is 0.600. The van der Waals surface area contributed by atoms with Crippen molar-refractivity contribution in [1.29, 1.82) is 0 Å². The third-order valence-corrected chi connectivity index (χ3v) is 4.10. The van der Waals surface area contributed by atoms with Gasteiger partial charge in [-0.25, -0.2) is 0 Å². The molecule has 0 unspecified atom stereocenters. The maximum Gasteiger partial charge on any atom is 0.401 e. The number of benzene rings is 1. The molecule has 6 heteroatoms. The van der Waals surface area contributed by atoms with Gasteiger partial charge < -0.3 is 5.32 Å². The number of piperidine rings is 1. The van der Waals surface area contributed by atoms with Gasteiger partial charge in [0.05, 0.1) is 6.54 Å². The van der Waals surface area contributed by atoms with E-state index in [1.807, 2.05) is 24.3 Å². The molecular formula is C15H20ClF3N2. The molecule has 0 bridgehead atoms. The van der Waals surface area contributed by atoms with Crippen LogP contribution in [-0.2, 0) is 0 Å². The number of likely N-dealkylation sites (tertiary alicyclic amines) is 1. The van der Waals surface area contributed by atoms with E-state index < -0.39 is 12.7 Å². The molecule has 2 rings (SSSR count). The topological polar surface area (TPSA) is 15.3 Å². The first kappa shape index (κ1) is 16.6. The second kappa shape index (κ2) is 6.99. The lowest BCUT2D eigenvalue weighted by molar-refractivity contribution is -0.148. The molecule has 0 aliphatic carbocycles. The van der Waals surface area contributed by atoms with Crippen LogP contribution < -0.4 is 5.32 Å². The van der Waals surface area contributed by atoms with Crippen molar-refractivity contribution in [3.05, 3.63) is 34.9 Å². The molecule has 1 aliphatic rings. The van der Waals surface area contributed by atoms with Crippen LogP contribution in [0.2, 0.25) is 5.02 Å². The number of rotatable bonds is 4. The van der Waals surface area contributed by atoms with Crippen LogP contribution in [0.25, 0.3) is 0 Å². The van der Waals surface area contributed by atoms with Gasteiger partial charge in [-0.3, -0.25) is 4.90 Å². The van der Waals surface area contributed by atoms with Crippen molar-refractivity contribution in [2.45, 2.75) is 38.0 Å². The fourth-order valence-corrected chi connectivity index (χ4v) is 2.84. The zero-order chi connectivity index (χ0) is 15.5. The number of nitrogens with one attached hydrogen (secondary N) is 1. The first-order valence-corrected chi connectivity index (χ1v) is 7.52. The molecule has 1 aromatic carbocycles. The van der Waals surface area contributed by atoms with Crippen molar-refractivity contribution in [3.63, 3.8) is 0 Å². The molecule has 1 fully saturated rings. The number of hydrogen-bond acceptors (Lipinski definition) is 2. The molecule has 1 saturated heterocycles. The van der Waals surface area contributed by atoms with Crippen LogP contribution in [0.3, 0.4) is 0 Å². The van der Waals surface area contributed by atoms with E-state index in [-0.39, 0.29) is 12.1 Å². The van der Waals surface area contributed by atoms with Crippen molar-refractivity contribution in [3.8, 4) is 0 Å². The molecule has 1 aromatic rings. The van der Waals surface area contributed by atoms with Gasteiger partial charge in [-0.15, -0.1) is 0 Å². The van der Waals surface area contributed by atoms with Crippen molar-refractivity contribution < 1.29 is 13.2 Å². The number of hydrogen-bond donors (Lipinski definition) is 1. The van der Waals surface area contributed by atoms with E-state index in [0.717, 1.165) is 18.4 Å². The normalized spacial score (nSPS) is 19.7. The summed E-state index contributed by atoms with van der Waals surface area (Å²) in [7, 11) is 0. The van der Waals surface area contributed by atoms with Crippen LogP contribution in [0.5, 0.6) is 0 Å². The van der Waals surface area contributed by atoms with Gasteiger partial charge in [0.2, 0.25) is 0 Å². The summed E-state index contributed by atoms with van der Waals surface area (Å²) in [6, 6.07) is 8.07. The van der Waals surface area contributed by atoms with Gasteiger partial charge in [0.25, 0.3) is 0 Å². The van der Waals surface area contributed by atoms with Gasteiger partial charge in [-0.1, -0.05) is 23.7 Å². The van der Waals surface area contributed by atoms with Crippen LogP contribution in [0, 0.1) is 0 Å². The third kappa shape index (κ3) is 5.49. The summed E-state index contributed by atoms with van der Waals surface area (Å²) in [6.07, 6.45) is -2.61. The summed E-state index contributed by atoms with van der Waals surface area (Å²) in [4.78, 5) is 1.48. The first-order chi connectivity index (χ1) is 9.83. The molecule has 0 radical (unpaired) electrons. The van der Waals surface area contributed by atoms with Crippen LogP contribution >= 0.6 is 11.6 Å². The zero-order valence-electron chi connectivity index (χ0n) is 12.0. The molecule has 118 valence electrons. The van der Waals surface area contributed by atoms with Crippen LogP contribution in [0.15, 0.2) is 24.3 Å². The minimum atomic E-state index is -4.10. The maximum atomic E-state index is 12.3. The highest BCUT2D eigenvalue weighted by Gasteiger charge is 2.32. The lowest BCUT2D eigenvalue weighted by atomic mass is 10.0. The maximum absolute atomic E-state index is 12.3. The highest BCUT2D eigenvalue weighted by Crippen LogP contribution is 2.22. The lowest BCUT2D eigenvalue weighted by Gasteiger charge is -2.34. The smallest absolute Gasteiger partial charge is 0.307 e. The van der Waals surface area contributed by atoms with Crippen LogP contribution in [-0.4, -0.2) is 36.8 Å². The predicted molar refractivity (Wildman–Crippen MR) is 78.5 cm³/mol. The highest BCUT2D eigenvalue weighted by atomic mass is 35.5. The Balaban J connectivity index is 1.79. The Morgan fingerprint density at radius 3 is 2.33 bits per heavy atom. The van der Waals surface area contributed by atoms with Gasteiger partial charge in [0.15, 0.2) is 0 Å². The quantitative estimate of drug-likeness (QED) is 0.901. The molecule has 0 saturated carbocycles. The average molecular weight is 321 g/mol. The zero-order valence-corrected chi connectivity index (χ0v) is 12.7. The summed E-state index contributed by atoms with van der Waals surface area (Å²) in [6.45, 7) is 2.24. The van der Waals surface area contributed by atoms with E-state index in [1.165, 1.54) is 4.90 Å². The Labute approximate surface area is 128 Å². The van der Waals surface area contributed by atoms with Crippen molar-refractivity contribution in [2.24, 2.45) is 0 Å². The fourth-order valence-electron chi connectivity index (χ4n) is 2.71. The van der Waals surface area contributed by atoms with E-state index in [9.17, 15) is 13.2 Å². The summed E-state index contributed by atoms with van der Waals surface area (Å²) < 4.78 is 37.0. The second-order valence-electron chi connectivity index (χ2n) is 5.61. The van der Waals surface area contributed by atoms with E-state index in [1.54, 1.807) is 0 Å². The molecule has 1 N–H and O–H groups in total. The van der Waals surface area contributed by atoms with Gasteiger partial charge in [0.1, 0.15) is 0 Å². The van der Waals surface area contributed by atoms with Crippen molar-refractivity contribution in [2.75, 3.05) is 19.6 Å². The van der Waals surface area contributed by atoms with Crippen LogP contribution in [0.1, 0.15) is 31.4 Å². The van der Waals surface area contributed by atoms with E-state index in [2.05, 4.69) is 12.2 Å². The lowest BCUT2D eigenvalue weighted by Crippen LogP contribution is -2.46.